The van der Waals surface area contributed by atoms with Gasteiger partial charge in [-0.2, -0.15) is 0 Å². The Labute approximate surface area is 165 Å². The van der Waals surface area contributed by atoms with Gasteiger partial charge in [-0.3, -0.25) is 4.79 Å². The molecule has 2 atom stereocenters. The van der Waals surface area contributed by atoms with Crippen LogP contribution in [-0.2, 0) is 11.3 Å². The lowest BCUT2D eigenvalue weighted by Crippen LogP contribution is -2.48. The number of hydrogen-bond donors (Lipinski definition) is 0. The first-order valence-corrected chi connectivity index (χ1v) is 10.6. The van der Waals surface area contributed by atoms with Crippen LogP contribution < -0.4 is 4.74 Å². The molecule has 1 aromatic heterocycles. The molecule has 2 heterocycles. The molecule has 0 N–H and O–H groups in total. The van der Waals surface area contributed by atoms with E-state index in [2.05, 4.69) is 31.0 Å². The molecule has 6 nitrogen and oxygen atoms in total. The van der Waals surface area contributed by atoms with E-state index in [4.69, 9.17) is 4.74 Å². The molecule has 7 heteroatoms. The fourth-order valence-corrected chi connectivity index (χ4v) is 4.69. The number of nitrogens with zero attached hydrogens (tertiary/aromatic N) is 4. The van der Waals surface area contributed by atoms with Crippen molar-refractivity contribution < 1.29 is 9.53 Å². The number of amides is 1. The van der Waals surface area contributed by atoms with Gasteiger partial charge in [-0.05, 0) is 52.2 Å². The van der Waals surface area contributed by atoms with E-state index in [-0.39, 0.29) is 5.91 Å². The molecule has 0 spiro atoms. The smallest absolute Gasteiger partial charge is 0.233 e. The predicted molar refractivity (Wildman–Crippen MR) is 108 cm³/mol. The van der Waals surface area contributed by atoms with Crippen LogP contribution in [0.5, 0.6) is 5.75 Å². The van der Waals surface area contributed by atoms with Crippen LogP contribution in [0.1, 0.15) is 40.0 Å². The number of piperidine rings is 1. The molecule has 1 aromatic carbocycles. The molecule has 3 rings (SSSR count). The van der Waals surface area contributed by atoms with Crippen molar-refractivity contribution in [1.82, 2.24) is 19.7 Å². The summed E-state index contributed by atoms with van der Waals surface area (Å²) >= 11 is 1.46. The first-order chi connectivity index (χ1) is 13.1. The first-order valence-electron chi connectivity index (χ1n) is 9.57. The van der Waals surface area contributed by atoms with Crippen LogP contribution in [0, 0.1) is 0 Å². The summed E-state index contributed by atoms with van der Waals surface area (Å²) < 4.78 is 7.50. The maximum atomic E-state index is 12.8. The summed E-state index contributed by atoms with van der Waals surface area (Å²) in [5.41, 5.74) is 0.908. The van der Waals surface area contributed by atoms with Crippen LogP contribution in [0.3, 0.4) is 0 Å². The van der Waals surface area contributed by atoms with Crippen LogP contribution in [-0.4, -0.2) is 50.5 Å². The fraction of sp³-hybridized carbons (Fsp3) is 0.550. The Morgan fingerprint density at radius 1 is 1.22 bits per heavy atom. The van der Waals surface area contributed by atoms with Crippen LogP contribution >= 0.6 is 11.8 Å². The topological polar surface area (TPSA) is 60.2 Å². The minimum atomic E-state index is 0.184. The standard InChI is InChI=1S/C20H28N4O2S/c1-5-23-19(16-11-6-7-12-17(16)26-4)21-22-20(23)27-13-18(25)24-14(2)9-8-10-15(24)3/h6-7,11-12,14-15H,5,8-10,13H2,1-4H3. The first kappa shape index (κ1) is 19.7. The van der Waals surface area contributed by atoms with Crippen molar-refractivity contribution in [3.63, 3.8) is 0 Å². The van der Waals surface area contributed by atoms with E-state index >= 15 is 0 Å². The number of carbonyl (C=O) groups is 1. The molecule has 1 aliphatic rings. The number of aromatic nitrogens is 3. The summed E-state index contributed by atoms with van der Waals surface area (Å²) in [5.74, 6) is 2.11. The van der Waals surface area contributed by atoms with Crippen molar-refractivity contribution in [1.29, 1.82) is 0 Å². The van der Waals surface area contributed by atoms with E-state index in [0.29, 0.717) is 17.8 Å². The molecule has 1 amide bonds. The number of carbonyl (C=O) groups excluding carboxylic acids is 1. The second-order valence-electron chi connectivity index (χ2n) is 6.97. The van der Waals surface area contributed by atoms with Crippen molar-refractivity contribution in [2.45, 2.75) is 63.8 Å². The third-order valence-electron chi connectivity index (χ3n) is 5.19. The van der Waals surface area contributed by atoms with Gasteiger partial charge in [0, 0.05) is 18.6 Å². The van der Waals surface area contributed by atoms with Gasteiger partial charge in [0.1, 0.15) is 5.75 Å². The number of hydrogen-bond acceptors (Lipinski definition) is 5. The van der Waals surface area contributed by atoms with Crippen LogP contribution in [0.25, 0.3) is 11.4 Å². The summed E-state index contributed by atoms with van der Waals surface area (Å²) in [4.78, 5) is 14.8. The molecular weight excluding hydrogens is 360 g/mol. The van der Waals surface area contributed by atoms with Gasteiger partial charge < -0.3 is 14.2 Å². The second kappa shape index (κ2) is 8.78. The Balaban J connectivity index is 1.76. The minimum absolute atomic E-state index is 0.184. The lowest BCUT2D eigenvalue weighted by atomic mass is 9.98. The van der Waals surface area contributed by atoms with Crippen molar-refractivity contribution in [3.05, 3.63) is 24.3 Å². The highest BCUT2D eigenvalue weighted by molar-refractivity contribution is 7.99. The maximum Gasteiger partial charge on any atom is 0.233 e. The van der Waals surface area contributed by atoms with Gasteiger partial charge >= 0.3 is 0 Å². The fourth-order valence-electron chi connectivity index (χ4n) is 3.82. The summed E-state index contributed by atoms with van der Waals surface area (Å²) in [6, 6.07) is 8.42. The number of likely N-dealkylation sites (tertiary alicyclic amines) is 1. The van der Waals surface area contributed by atoms with Gasteiger partial charge in [0.2, 0.25) is 5.91 Å². The third kappa shape index (κ3) is 4.13. The van der Waals surface area contributed by atoms with Crippen molar-refractivity contribution in [3.8, 4) is 17.1 Å². The number of ether oxygens (including phenoxy) is 1. The molecule has 0 bridgehead atoms. The second-order valence-corrected chi connectivity index (χ2v) is 7.91. The summed E-state index contributed by atoms with van der Waals surface area (Å²) in [6.07, 6.45) is 3.37. The highest BCUT2D eigenvalue weighted by atomic mass is 32.2. The van der Waals surface area contributed by atoms with Crippen molar-refractivity contribution in [2.24, 2.45) is 0 Å². The molecule has 0 aliphatic carbocycles. The van der Waals surface area contributed by atoms with Gasteiger partial charge in [-0.1, -0.05) is 23.9 Å². The lowest BCUT2D eigenvalue weighted by Gasteiger charge is -2.39. The highest BCUT2D eigenvalue weighted by Gasteiger charge is 2.29. The molecule has 146 valence electrons. The van der Waals surface area contributed by atoms with Crippen LogP contribution in [0.4, 0.5) is 0 Å². The summed E-state index contributed by atoms with van der Waals surface area (Å²) in [5, 5.41) is 9.48. The predicted octanol–water partition coefficient (Wildman–Crippen LogP) is 3.86. The number of para-hydroxylation sites is 1. The number of benzene rings is 1. The van der Waals surface area contributed by atoms with Crippen LogP contribution in [0.15, 0.2) is 29.4 Å². The van der Waals surface area contributed by atoms with E-state index in [1.165, 1.54) is 18.2 Å². The number of thioether (sulfide) groups is 1. The van der Waals surface area contributed by atoms with Gasteiger partial charge in [0.25, 0.3) is 0 Å². The molecule has 2 unspecified atom stereocenters. The Hall–Kier alpha value is -2.02. The average molecular weight is 389 g/mol. The van der Waals surface area contributed by atoms with E-state index in [0.717, 1.165) is 41.7 Å². The largest absolute Gasteiger partial charge is 0.496 e. The molecule has 2 aromatic rings. The van der Waals surface area contributed by atoms with Gasteiger partial charge in [-0.15, -0.1) is 10.2 Å². The van der Waals surface area contributed by atoms with Crippen molar-refractivity contribution >= 4 is 17.7 Å². The average Bonchev–Trinajstić information content (AvgIpc) is 3.08. The maximum absolute atomic E-state index is 12.8. The zero-order valence-corrected chi connectivity index (χ0v) is 17.3. The molecule has 27 heavy (non-hydrogen) atoms. The molecule has 1 fully saturated rings. The zero-order valence-electron chi connectivity index (χ0n) is 16.5. The Bertz CT molecular complexity index is 782. The summed E-state index contributed by atoms with van der Waals surface area (Å²) in [7, 11) is 1.65. The minimum Gasteiger partial charge on any atom is -0.496 e. The number of rotatable bonds is 6. The molecular formula is C20H28N4O2S. The van der Waals surface area contributed by atoms with Gasteiger partial charge in [-0.25, -0.2) is 0 Å². The lowest BCUT2D eigenvalue weighted by molar-refractivity contribution is -0.134. The number of methoxy groups -OCH3 is 1. The van der Waals surface area contributed by atoms with E-state index in [9.17, 15) is 4.79 Å². The molecule has 0 saturated carbocycles. The molecule has 1 saturated heterocycles. The summed E-state index contributed by atoms with van der Waals surface area (Å²) in [6.45, 7) is 7.08. The Morgan fingerprint density at radius 2 is 1.93 bits per heavy atom. The van der Waals surface area contributed by atoms with E-state index < -0.39 is 0 Å². The highest BCUT2D eigenvalue weighted by Crippen LogP contribution is 2.31. The van der Waals surface area contributed by atoms with E-state index in [1.54, 1.807) is 7.11 Å². The van der Waals surface area contributed by atoms with Gasteiger partial charge in [0.05, 0.1) is 18.4 Å². The molecule has 0 radical (unpaired) electrons. The van der Waals surface area contributed by atoms with Crippen LogP contribution in [0.2, 0.25) is 0 Å². The monoisotopic (exact) mass is 388 g/mol. The van der Waals surface area contributed by atoms with Crippen molar-refractivity contribution in [2.75, 3.05) is 12.9 Å². The Morgan fingerprint density at radius 3 is 2.59 bits per heavy atom. The zero-order chi connectivity index (χ0) is 19.4. The molecule has 1 aliphatic heterocycles. The van der Waals surface area contributed by atoms with E-state index in [1.807, 2.05) is 33.7 Å². The quantitative estimate of drug-likeness (QED) is 0.704. The normalized spacial score (nSPS) is 19.9. The third-order valence-corrected chi connectivity index (χ3v) is 6.14. The SMILES string of the molecule is CCn1c(SCC(=O)N2C(C)CCCC2C)nnc1-c1ccccc1OC. The van der Waals surface area contributed by atoms with Gasteiger partial charge in [0.15, 0.2) is 11.0 Å². The Kier molecular flexibility index (Phi) is 6.42.